The number of rotatable bonds is 1. The highest BCUT2D eigenvalue weighted by atomic mass is 16.3. The molecular weight excluding hydrogens is 184 g/mol. The molecule has 1 N–H and O–H groups in total. The van der Waals surface area contributed by atoms with E-state index < -0.39 is 12.1 Å². The molecule has 3 atom stereocenters. The number of β-lactam (4-membered cyclic amide) rings is 1. The molecule has 6 heteroatoms. The van der Waals surface area contributed by atoms with Gasteiger partial charge in [-0.3, -0.25) is 4.79 Å². The highest BCUT2D eigenvalue weighted by Crippen LogP contribution is 2.33. The summed E-state index contributed by atoms with van der Waals surface area (Å²) in [6, 6.07) is -1.06. The summed E-state index contributed by atoms with van der Waals surface area (Å²) in [7, 11) is 0. The van der Waals surface area contributed by atoms with Crippen LogP contribution in [0.15, 0.2) is 17.3 Å². The third kappa shape index (κ3) is 1.08. The number of aliphatic hydroxyl groups is 1. The summed E-state index contributed by atoms with van der Waals surface area (Å²) >= 11 is 0. The fourth-order valence-electron chi connectivity index (χ4n) is 2.05. The van der Waals surface area contributed by atoms with E-state index in [1.165, 1.54) is 4.90 Å². The van der Waals surface area contributed by atoms with Gasteiger partial charge in [0.15, 0.2) is 0 Å². The van der Waals surface area contributed by atoms with Crippen molar-refractivity contribution in [3.63, 3.8) is 0 Å². The predicted octanol–water partition coefficient (Wildman–Crippen LogP) is 0.197. The molecule has 0 aromatic heterocycles. The van der Waals surface area contributed by atoms with Gasteiger partial charge in [0.2, 0.25) is 5.91 Å². The first-order valence-electron chi connectivity index (χ1n) is 4.34. The zero-order valence-corrected chi connectivity index (χ0v) is 7.50. The van der Waals surface area contributed by atoms with Gasteiger partial charge in [-0.25, -0.2) is 0 Å². The number of carbonyl (C=O) groups is 1. The number of piperidine rings is 1. The van der Waals surface area contributed by atoms with Crippen molar-refractivity contribution in [3.05, 3.63) is 22.6 Å². The van der Waals surface area contributed by atoms with Crippen molar-refractivity contribution >= 4 is 5.91 Å². The summed E-state index contributed by atoms with van der Waals surface area (Å²) < 4.78 is 0. The lowest BCUT2D eigenvalue weighted by Crippen LogP contribution is -2.70. The highest BCUT2D eigenvalue weighted by Gasteiger charge is 2.52. The molecular formula is C8H10N4O2. The number of amides is 1. The summed E-state index contributed by atoms with van der Waals surface area (Å²) in [4.78, 5) is 15.5. The molecule has 1 amide bonds. The Labute approximate surface area is 80.4 Å². The molecule has 2 aliphatic rings. The minimum Gasteiger partial charge on any atom is -0.391 e. The Bertz CT molecular complexity index is 347. The molecule has 0 radical (unpaired) electrons. The average molecular weight is 194 g/mol. The molecule has 2 aliphatic heterocycles. The van der Waals surface area contributed by atoms with Gasteiger partial charge in [-0.05, 0) is 12.0 Å². The van der Waals surface area contributed by atoms with Crippen LogP contribution in [0.5, 0.6) is 0 Å². The molecule has 0 aliphatic carbocycles. The van der Waals surface area contributed by atoms with E-state index in [0.717, 1.165) is 5.57 Å². The number of hydrogen-bond donors (Lipinski definition) is 1. The van der Waals surface area contributed by atoms with Crippen LogP contribution >= 0.6 is 0 Å². The summed E-state index contributed by atoms with van der Waals surface area (Å²) in [5.41, 5.74) is 9.07. The lowest BCUT2D eigenvalue weighted by Gasteiger charge is -2.51. The van der Waals surface area contributed by atoms with Crippen molar-refractivity contribution in [3.8, 4) is 0 Å². The summed E-state index contributed by atoms with van der Waals surface area (Å²) in [5, 5.41) is 13.0. The Morgan fingerprint density at radius 2 is 2.43 bits per heavy atom. The van der Waals surface area contributed by atoms with Gasteiger partial charge in [-0.15, -0.1) is 0 Å². The SMILES string of the molecule is C=C1C[C@H](O)[C@H]2[C@@H](N=[N+]=[N-])C(=O)N2C1. The fourth-order valence-corrected chi connectivity index (χ4v) is 2.05. The largest absolute Gasteiger partial charge is 0.391 e. The van der Waals surface area contributed by atoms with Gasteiger partial charge in [-0.1, -0.05) is 17.3 Å². The lowest BCUT2D eigenvalue weighted by molar-refractivity contribution is -0.157. The molecule has 6 nitrogen and oxygen atoms in total. The molecule has 74 valence electrons. The predicted molar refractivity (Wildman–Crippen MR) is 48.2 cm³/mol. The van der Waals surface area contributed by atoms with Crippen molar-refractivity contribution in [2.24, 2.45) is 5.11 Å². The lowest BCUT2D eigenvalue weighted by atomic mass is 9.83. The molecule has 0 unspecified atom stereocenters. The number of hydrogen-bond acceptors (Lipinski definition) is 3. The van der Waals surface area contributed by atoms with Crippen LogP contribution < -0.4 is 0 Å². The number of aliphatic hydroxyl groups excluding tert-OH is 1. The molecule has 2 fully saturated rings. The van der Waals surface area contributed by atoms with Gasteiger partial charge in [0.25, 0.3) is 0 Å². The monoisotopic (exact) mass is 194 g/mol. The molecule has 14 heavy (non-hydrogen) atoms. The van der Waals surface area contributed by atoms with E-state index in [0.29, 0.717) is 13.0 Å². The third-order valence-corrected chi connectivity index (χ3v) is 2.68. The molecule has 2 saturated heterocycles. The maximum atomic E-state index is 11.4. The molecule has 0 saturated carbocycles. The van der Waals surface area contributed by atoms with E-state index >= 15 is 0 Å². The van der Waals surface area contributed by atoms with Gasteiger partial charge in [0.05, 0.1) is 12.1 Å². The highest BCUT2D eigenvalue weighted by molar-refractivity contribution is 5.90. The second kappa shape index (κ2) is 3.01. The normalized spacial score (nSPS) is 35.8. The number of carbonyl (C=O) groups excluding carboxylic acids is 1. The number of fused-ring (bicyclic) bond motifs is 1. The molecule has 2 rings (SSSR count). The van der Waals surface area contributed by atoms with Crippen molar-refractivity contribution in [1.29, 1.82) is 0 Å². The molecule has 0 aromatic rings. The summed E-state index contributed by atoms with van der Waals surface area (Å²) in [6.07, 6.45) is -0.171. The van der Waals surface area contributed by atoms with Gasteiger partial charge in [0, 0.05) is 11.5 Å². The van der Waals surface area contributed by atoms with Crippen LogP contribution in [0.2, 0.25) is 0 Å². The summed E-state index contributed by atoms with van der Waals surface area (Å²) in [5.74, 6) is -0.215. The zero-order chi connectivity index (χ0) is 10.3. The van der Waals surface area contributed by atoms with E-state index in [2.05, 4.69) is 16.6 Å². The molecule has 0 spiro atoms. The standard InChI is InChI=1S/C8H10N4O2/c1-4-2-5(13)7-6(10-11-9)8(14)12(7)3-4/h5-7,13H,1-3H2/t5-,6+,7-/m0/s1. The first-order valence-corrected chi connectivity index (χ1v) is 4.34. The van der Waals surface area contributed by atoms with Crippen LogP contribution in [0.3, 0.4) is 0 Å². The van der Waals surface area contributed by atoms with Gasteiger partial charge in [0.1, 0.15) is 6.04 Å². The Morgan fingerprint density at radius 3 is 3.07 bits per heavy atom. The third-order valence-electron chi connectivity index (χ3n) is 2.68. The van der Waals surface area contributed by atoms with Crippen LogP contribution in [-0.2, 0) is 4.79 Å². The van der Waals surface area contributed by atoms with E-state index in [-0.39, 0.29) is 11.9 Å². The Kier molecular flexibility index (Phi) is 1.94. The van der Waals surface area contributed by atoms with E-state index in [1.807, 2.05) is 0 Å². The van der Waals surface area contributed by atoms with Gasteiger partial charge in [-0.2, -0.15) is 0 Å². The van der Waals surface area contributed by atoms with Crippen molar-refractivity contribution < 1.29 is 9.90 Å². The second-order valence-electron chi connectivity index (χ2n) is 3.63. The minimum atomic E-state index is -0.719. The molecule has 0 bridgehead atoms. The van der Waals surface area contributed by atoms with Crippen LogP contribution in [-0.4, -0.2) is 40.6 Å². The van der Waals surface area contributed by atoms with Crippen LogP contribution in [0.25, 0.3) is 10.4 Å². The maximum Gasteiger partial charge on any atom is 0.234 e. The van der Waals surface area contributed by atoms with Crippen LogP contribution in [0.4, 0.5) is 0 Å². The van der Waals surface area contributed by atoms with Gasteiger partial charge < -0.3 is 10.0 Å². The van der Waals surface area contributed by atoms with E-state index in [1.54, 1.807) is 0 Å². The minimum absolute atomic E-state index is 0.215. The second-order valence-corrected chi connectivity index (χ2v) is 3.63. The first kappa shape index (κ1) is 9.05. The Balaban J connectivity index is 2.20. The van der Waals surface area contributed by atoms with Gasteiger partial charge >= 0.3 is 0 Å². The molecule has 0 aromatic carbocycles. The Morgan fingerprint density at radius 1 is 1.71 bits per heavy atom. The quantitative estimate of drug-likeness (QED) is 0.212. The topological polar surface area (TPSA) is 89.3 Å². The van der Waals surface area contributed by atoms with Crippen molar-refractivity contribution in [2.75, 3.05) is 6.54 Å². The smallest absolute Gasteiger partial charge is 0.234 e. The van der Waals surface area contributed by atoms with Crippen LogP contribution in [0.1, 0.15) is 6.42 Å². The zero-order valence-electron chi connectivity index (χ0n) is 7.50. The maximum absolute atomic E-state index is 11.4. The van der Waals surface area contributed by atoms with E-state index in [4.69, 9.17) is 5.53 Å². The average Bonchev–Trinajstić information content (AvgIpc) is 2.14. The number of azide groups is 1. The van der Waals surface area contributed by atoms with Crippen LogP contribution in [0, 0.1) is 0 Å². The number of nitrogens with zero attached hydrogens (tertiary/aromatic N) is 4. The molecule has 2 heterocycles. The van der Waals surface area contributed by atoms with Crippen molar-refractivity contribution in [1.82, 2.24) is 4.90 Å². The first-order chi connectivity index (χ1) is 6.65. The Hall–Kier alpha value is -1.52. The fraction of sp³-hybridized carbons (Fsp3) is 0.625. The van der Waals surface area contributed by atoms with Crippen molar-refractivity contribution in [2.45, 2.75) is 24.6 Å². The summed E-state index contributed by atoms with van der Waals surface area (Å²) in [6.45, 7) is 4.20. The van der Waals surface area contributed by atoms with E-state index in [9.17, 15) is 9.90 Å².